The van der Waals surface area contributed by atoms with E-state index in [-0.39, 0.29) is 39.7 Å². The quantitative estimate of drug-likeness (QED) is 0.187. The van der Waals surface area contributed by atoms with E-state index in [1.165, 1.54) is 50.4 Å². The second-order valence-corrected chi connectivity index (χ2v) is 16.1. The van der Waals surface area contributed by atoms with Crippen LogP contribution in [0.3, 0.4) is 0 Å². The first-order chi connectivity index (χ1) is 24.2. The van der Waals surface area contributed by atoms with Crippen LogP contribution in [0.5, 0.6) is 11.8 Å². The van der Waals surface area contributed by atoms with Gasteiger partial charge in [0.05, 0.1) is 12.2 Å². The number of aromatic hydroxyl groups is 1. The van der Waals surface area contributed by atoms with Crippen molar-refractivity contribution < 1.29 is 18.6 Å². The van der Waals surface area contributed by atoms with Gasteiger partial charge < -0.3 is 20.1 Å². The summed E-state index contributed by atoms with van der Waals surface area (Å²) in [5.74, 6) is 2.69. The van der Waals surface area contributed by atoms with Crippen molar-refractivity contribution >= 4 is 27.5 Å². The Balaban J connectivity index is 1.17. The Morgan fingerprint density at radius 1 is 1.02 bits per heavy atom. The van der Waals surface area contributed by atoms with Gasteiger partial charge >= 0.3 is 6.01 Å². The Bertz CT molecular complexity index is 2040. The van der Waals surface area contributed by atoms with Crippen molar-refractivity contribution in [3.8, 4) is 35.2 Å². The third kappa shape index (κ3) is 5.47. The summed E-state index contributed by atoms with van der Waals surface area (Å²) in [6.07, 6.45) is 15.6. The Hall–Kier alpha value is -4.00. The molecule has 4 bridgehead atoms. The average Bonchev–Trinajstić information content (AvgIpc) is 3.80. The first-order valence-electron chi connectivity index (χ1n) is 18.5. The lowest BCUT2D eigenvalue weighted by Gasteiger charge is -2.46. The second kappa shape index (κ2) is 12.1. The van der Waals surface area contributed by atoms with Crippen molar-refractivity contribution in [2.45, 2.75) is 89.3 Å². The van der Waals surface area contributed by atoms with Gasteiger partial charge in [-0.3, -0.25) is 4.90 Å². The highest BCUT2D eigenvalue weighted by Crippen LogP contribution is 2.49. The van der Waals surface area contributed by atoms with E-state index >= 15 is 8.78 Å². The fraction of sp³-hybridized carbons (Fsp3) is 0.512. The smallest absolute Gasteiger partial charge is 0.319 e. The van der Waals surface area contributed by atoms with Gasteiger partial charge in [-0.2, -0.15) is 9.97 Å². The fourth-order valence-electron chi connectivity index (χ4n) is 9.52. The molecule has 4 aliphatic heterocycles. The molecular weight excluding hydrogens is 632 g/mol. The molecule has 0 spiro atoms. The number of anilines is 1. The molecule has 260 valence electrons. The number of ether oxygens (including phenoxy) is 1. The third-order valence-corrected chi connectivity index (χ3v) is 12.4. The molecule has 1 aromatic heterocycles. The lowest BCUT2D eigenvalue weighted by Crippen LogP contribution is -2.51. The second-order valence-electron chi connectivity index (χ2n) is 16.1. The predicted molar refractivity (Wildman–Crippen MR) is 193 cm³/mol. The number of nitrogens with one attached hydrogen (secondary N) is 1. The van der Waals surface area contributed by atoms with Crippen molar-refractivity contribution in [2.24, 2.45) is 11.3 Å². The summed E-state index contributed by atoms with van der Waals surface area (Å²) < 4.78 is 39.2. The van der Waals surface area contributed by atoms with E-state index in [4.69, 9.17) is 21.1 Å². The van der Waals surface area contributed by atoms with Crippen LogP contribution in [-0.2, 0) is 0 Å². The van der Waals surface area contributed by atoms with Gasteiger partial charge in [0.25, 0.3) is 0 Å². The van der Waals surface area contributed by atoms with Gasteiger partial charge in [0.2, 0.25) is 0 Å². The Kier molecular flexibility index (Phi) is 7.70. The summed E-state index contributed by atoms with van der Waals surface area (Å²) in [6, 6.07) is 9.41. The zero-order valence-electron chi connectivity index (χ0n) is 28.9. The van der Waals surface area contributed by atoms with E-state index in [0.29, 0.717) is 57.8 Å². The number of piperidine rings is 2. The molecule has 9 heteroatoms. The molecule has 2 atom stereocenters. The lowest BCUT2D eigenvalue weighted by molar-refractivity contribution is 0.0238. The largest absolute Gasteiger partial charge is 0.508 e. The monoisotopic (exact) mass is 677 g/mol. The molecule has 4 aromatic rings. The van der Waals surface area contributed by atoms with E-state index in [1.807, 2.05) is 19.9 Å². The summed E-state index contributed by atoms with van der Waals surface area (Å²) >= 11 is 0. The van der Waals surface area contributed by atoms with Gasteiger partial charge in [-0.1, -0.05) is 25.8 Å². The SMILES string of the molecule is C#Cc1c(F)ccc2cc(O)cc(-c3c(C(C)C)cc4c(N5CC6CCC(C5)N6)nc(OCC5(CN6CC7CCC6CC7)CC5)nc4c3F)c12. The van der Waals surface area contributed by atoms with Crippen LogP contribution >= 0.6 is 0 Å². The number of rotatable bonds is 8. The highest BCUT2D eigenvalue weighted by Gasteiger charge is 2.48. The van der Waals surface area contributed by atoms with Gasteiger partial charge in [-0.25, -0.2) is 8.78 Å². The van der Waals surface area contributed by atoms with Crippen LogP contribution < -0.4 is 15.0 Å². The molecule has 3 aromatic carbocycles. The summed E-state index contributed by atoms with van der Waals surface area (Å²) in [5, 5.41) is 16.1. The van der Waals surface area contributed by atoms with E-state index in [1.54, 1.807) is 6.07 Å². The highest BCUT2D eigenvalue weighted by molar-refractivity contribution is 6.05. The number of hydrogen-bond acceptors (Lipinski definition) is 7. The topological polar surface area (TPSA) is 73.8 Å². The van der Waals surface area contributed by atoms with Crippen LogP contribution in [0.15, 0.2) is 30.3 Å². The minimum atomic E-state index is -0.570. The molecule has 2 unspecified atom stereocenters. The van der Waals surface area contributed by atoms with Crippen molar-refractivity contribution in [3.63, 3.8) is 0 Å². The number of nitrogens with zero attached hydrogens (tertiary/aromatic N) is 4. The highest BCUT2D eigenvalue weighted by atomic mass is 19.1. The number of aromatic nitrogens is 2. The van der Waals surface area contributed by atoms with Gasteiger partial charge in [-0.05, 0) is 104 Å². The van der Waals surface area contributed by atoms with Crippen molar-refractivity contribution in [1.82, 2.24) is 20.2 Å². The molecule has 0 radical (unpaired) electrons. The lowest BCUT2D eigenvalue weighted by atomic mass is 9.79. The van der Waals surface area contributed by atoms with Crippen LogP contribution in [0.4, 0.5) is 14.6 Å². The number of piperazine rings is 1. The number of phenols is 1. The van der Waals surface area contributed by atoms with Crippen LogP contribution in [0, 0.1) is 35.3 Å². The number of phenolic OH excluding ortho intramolecular Hbond substituents is 1. The van der Waals surface area contributed by atoms with Crippen LogP contribution in [0.25, 0.3) is 32.8 Å². The number of benzene rings is 3. The minimum Gasteiger partial charge on any atom is -0.508 e. The Morgan fingerprint density at radius 3 is 2.44 bits per heavy atom. The zero-order valence-corrected chi connectivity index (χ0v) is 28.9. The van der Waals surface area contributed by atoms with Crippen molar-refractivity contribution in [3.05, 3.63) is 53.1 Å². The number of halogens is 2. The minimum absolute atomic E-state index is 0.0343. The van der Waals surface area contributed by atoms with Gasteiger partial charge in [-0.15, -0.1) is 6.42 Å². The van der Waals surface area contributed by atoms with E-state index in [0.717, 1.165) is 51.2 Å². The first-order valence-corrected chi connectivity index (χ1v) is 18.5. The first kappa shape index (κ1) is 31.9. The van der Waals surface area contributed by atoms with Gasteiger partial charge in [0.15, 0.2) is 5.82 Å². The van der Waals surface area contributed by atoms with Crippen LogP contribution in [-0.4, -0.2) is 70.9 Å². The Labute approximate surface area is 292 Å². The van der Waals surface area contributed by atoms with E-state index < -0.39 is 11.6 Å². The van der Waals surface area contributed by atoms with Crippen molar-refractivity contribution in [2.75, 3.05) is 37.7 Å². The molecule has 7 nitrogen and oxygen atoms in total. The van der Waals surface area contributed by atoms with E-state index in [9.17, 15) is 5.11 Å². The molecule has 2 aliphatic carbocycles. The molecule has 6 fully saturated rings. The maximum atomic E-state index is 17.5. The number of terminal acetylenes is 1. The maximum absolute atomic E-state index is 17.5. The predicted octanol–water partition coefficient (Wildman–Crippen LogP) is 7.51. The van der Waals surface area contributed by atoms with Gasteiger partial charge in [0.1, 0.15) is 22.9 Å². The maximum Gasteiger partial charge on any atom is 0.319 e. The zero-order chi connectivity index (χ0) is 34.3. The summed E-state index contributed by atoms with van der Waals surface area (Å²) in [7, 11) is 0. The van der Waals surface area contributed by atoms with Crippen LogP contribution in [0.2, 0.25) is 0 Å². The third-order valence-electron chi connectivity index (χ3n) is 12.4. The van der Waals surface area contributed by atoms with E-state index in [2.05, 4.69) is 21.0 Å². The number of fused-ring (bicyclic) bond motifs is 7. The Morgan fingerprint density at radius 2 is 1.78 bits per heavy atom. The summed E-state index contributed by atoms with van der Waals surface area (Å²) in [4.78, 5) is 14.8. The summed E-state index contributed by atoms with van der Waals surface area (Å²) in [6.45, 7) is 8.27. The van der Waals surface area contributed by atoms with Crippen LogP contribution in [0.1, 0.15) is 82.3 Å². The summed E-state index contributed by atoms with van der Waals surface area (Å²) in [5.41, 5.74) is 1.57. The molecule has 0 amide bonds. The average molecular weight is 678 g/mol. The van der Waals surface area contributed by atoms with Crippen molar-refractivity contribution in [1.29, 1.82) is 0 Å². The molecule has 10 rings (SSSR count). The molecule has 2 N–H and O–H groups in total. The molecule has 5 heterocycles. The normalized spacial score (nSPS) is 25.5. The van der Waals surface area contributed by atoms with Gasteiger partial charge in [0, 0.05) is 66.1 Å². The fourth-order valence-corrected chi connectivity index (χ4v) is 9.52. The molecule has 50 heavy (non-hydrogen) atoms. The molecular formula is C41H45F2N5O2. The standard InChI is InChI=1S/C41H45F2N5O2/c1-4-30-34(42)12-7-25-15-29(49)16-32(35(25)30)36-31(23(2)3)17-33-38(37(36)43)45-40(46-39(33)47-19-26-8-9-27(20-47)44-26)50-22-41(13-14-41)21-48-18-24-5-10-28(48)11-6-24/h1,7,12,15-17,23-24,26-28,44,49H,5-6,8-11,13-14,18-22H2,2-3H3. The molecule has 2 saturated carbocycles. The molecule has 6 aliphatic rings. The molecule has 4 saturated heterocycles. The number of hydrogen-bond donors (Lipinski definition) is 2.